The molecule has 0 spiro atoms. The van der Waals surface area contributed by atoms with Crippen molar-refractivity contribution in [3.63, 3.8) is 0 Å². The van der Waals surface area contributed by atoms with Crippen molar-refractivity contribution in [3.05, 3.63) is 29.8 Å². The Labute approximate surface area is 138 Å². The lowest BCUT2D eigenvalue weighted by Crippen LogP contribution is -2.32. The molecule has 0 aliphatic rings. The van der Waals surface area contributed by atoms with Crippen molar-refractivity contribution in [1.29, 1.82) is 0 Å². The van der Waals surface area contributed by atoms with Crippen molar-refractivity contribution in [3.8, 4) is 0 Å². The first-order chi connectivity index (χ1) is 9.89. The number of carbonyl (C=O) groups is 1. The number of benzene rings is 1. The Morgan fingerprint density at radius 2 is 1.68 bits per heavy atom. The van der Waals surface area contributed by atoms with Gasteiger partial charge in [-0.2, -0.15) is 0 Å². The topological polar surface area (TPSA) is 78.5 Å². The van der Waals surface area contributed by atoms with Gasteiger partial charge in [-0.25, -0.2) is 12.7 Å². The van der Waals surface area contributed by atoms with Gasteiger partial charge in [-0.15, -0.1) is 12.4 Å². The van der Waals surface area contributed by atoms with Crippen molar-refractivity contribution in [2.45, 2.75) is 18.2 Å². The molecule has 0 radical (unpaired) electrons. The van der Waals surface area contributed by atoms with Crippen LogP contribution < -0.4 is 10.6 Å². The summed E-state index contributed by atoms with van der Waals surface area (Å²) in [5, 5.41) is 5.96. The summed E-state index contributed by atoms with van der Waals surface area (Å²) < 4.78 is 24.9. The Hall–Kier alpha value is -1.15. The van der Waals surface area contributed by atoms with Crippen molar-refractivity contribution in [2.75, 3.05) is 33.7 Å². The number of halogens is 1. The van der Waals surface area contributed by atoms with Crippen LogP contribution in [0.2, 0.25) is 0 Å². The first-order valence-corrected chi connectivity index (χ1v) is 8.35. The van der Waals surface area contributed by atoms with Gasteiger partial charge in [-0.05, 0) is 37.2 Å². The van der Waals surface area contributed by atoms with E-state index in [0.29, 0.717) is 18.7 Å². The maximum absolute atomic E-state index is 11.9. The van der Waals surface area contributed by atoms with Crippen molar-refractivity contribution >= 4 is 28.3 Å². The van der Waals surface area contributed by atoms with Gasteiger partial charge in [-0.3, -0.25) is 4.79 Å². The fourth-order valence-electron chi connectivity index (χ4n) is 1.66. The summed E-state index contributed by atoms with van der Waals surface area (Å²) in [7, 11) is -0.512. The highest BCUT2D eigenvalue weighted by Crippen LogP contribution is 2.13. The molecule has 22 heavy (non-hydrogen) atoms. The summed E-state index contributed by atoms with van der Waals surface area (Å²) in [6.45, 7) is 4.26. The Bertz CT molecular complexity index is 559. The standard InChI is InChI=1S/C14H23N3O3S.ClH/c1-4-9-15-10-11-16-14(18)12-5-7-13(8-6-12)21(19,20)17(2)3;/h5-8,15H,4,9-11H2,1-3H3,(H,16,18);1H. The molecule has 0 bridgehead atoms. The Morgan fingerprint density at radius 3 is 2.18 bits per heavy atom. The minimum Gasteiger partial charge on any atom is -0.351 e. The molecule has 0 saturated heterocycles. The zero-order valence-electron chi connectivity index (χ0n) is 13.1. The quantitative estimate of drug-likeness (QED) is 0.689. The van der Waals surface area contributed by atoms with E-state index in [1.165, 1.54) is 38.4 Å². The number of sulfonamides is 1. The van der Waals surface area contributed by atoms with Crippen molar-refractivity contribution < 1.29 is 13.2 Å². The largest absolute Gasteiger partial charge is 0.351 e. The van der Waals surface area contributed by atoms with E-state index in [4.69, 9.17) is 0 Å². The first kappa shape index (κ1) is 20.9. The summed E-state index contributed by atoms with van der Waals surface area (Å²) in [5.41, 5.74) is 0.447. The highest BCUT2D eigenvalue weighted by atomic mass is 35.5. The second-order valence-electron chi connectivity index (χ2n) is 4.82. The second-order valence-corrected chi connectivity index (χ2v) is 6.97. The number of hydrogen-bond acceptors (Lipinski definition) is 4. The van der Waals surface area contributed by atoms with Crippen LogP contribution in [-0.4, -0.2) is 52.4 Å². The Balaban J connectivity index is 0.00000441. The van der Waals surface area contributed by atoms with E-state index in [0.717, 1.165) is 17.3 Å². The maximum Gasteiger partial charge on any atom is 0.251 e. The maximum atomic E-state index is 11.9. The van der Waals surface area contributed by atoms with Crippen LogP contribution in [0.25, 0.3) is 0 Å². The molecule has 8 heteroatoms. The molecule has 0 unspecified atom stereocenters. The third-order valence-corrected chi connectivity index (χ3v) is 4.74. The molecule has 2 N–H and O–H groups in total. The molecule has 1 aromatic carbocycles. The lowest BCUT2D eigenvalue weighted by molar-refractivity contribution is 0.0954. The van der Waals surface area contributed by atoms with Gasteiger partial charge < -0.3 is 10.6 Å². The summed E-state index contributed by atoms with van der Waals surface area (Å²) >= 11 is 0. The second kappa shape index (κ2) is 9.78. The van der Waals surface area contributed by atoms with E-state index in [1.807, 2.05) is 0 Å². The lowest BCUT2D eigenvalue weighted by Gasteiger charge is -2.11. The average Bonchev–Trinajstić information content (AvgIpc) is 2.46. The lowest BCUT2D eigenvalue weighted by atomic mass is 10.2. The molecular weight excluding hydrogens is 326 g/mol. The van der Waals surface area contributed by atoms with E-state index in [9.17, 15) is 13.2 Å². The molecule has 1 rings (SSSR count). The van der Waals surface area contributed by atoms with E-state index in [1.54, 1.807) is 0 Å². The van der Waals surface area contributed by atoms with Crippen LogP contribution in [-0.2, 0) is 10.0 Å². The van der Waals surface area contributed by atoms with E-state index < -0.39 is 10.0 Å². The van der Waals surface area contributed by atoms with Crippen LogP contribution in [0, 0.1) is 0 Å². The number of nitrogens with zero attached hydrogens (tertiary/aromatic N) is 1. The molecule has 0 aliphatic heterocycles. The Kier molecular flexibility index (Phi) is 9.27. The SMILES string of the molecule is CCCNCCNC(=O)c1ccc(S(=O)(=O)N(C)C)cc1.Cl. The molecule has 0 aliphatic carbocycles. The van der Waals surface area contributed by atoms with E-state index in [2.05, 4.69) is 17.6 Å². The van der Waals surface area contributed by atoms with Crippen molar-refractivity contribution in [2.24, 2.45) is 0 Å². The van der Waals surface area contributed by atoms with Crippen LogP contribution in [0.5, 0.6) is 0 Å². The predicted molar refractivity (Wildman–Crippen MR) is 90.1 cm³/mol. The molecule has 126 valence electrons. The highest BCUT2D eigenvalue weighted by Gasteiger charge is 2.17. The van der Waals surface area contributed by atoms with Gasteiger partial charge in [0.2, 0.25) is 10.0 Å². The van der Waals surface area contributed by atoms with Crippen molar-refractivity contribution in [1.82, 2.24) is 14.9 Å². The smallest absolute Gasteiger partial charge is 0.251 e. The zero-order valence-corrected chi connectivity index (χ0v) is 14.8. The van der Waals surface area contributed by atoms with Gasteiger partial charge in [-0.1, -0.05) is 6.92 Å². The van der Waals surface area contributed by atoms with Crippen LogP contribution in [0.3, 0.4) is 0 Å². The predicted octanol–water partition coefficient (Wildman–Crippen LogP) is 1.09. The van der Waals surface area contributed by atoms with Crippen LogP contribution >= 0.6 is 12.4 Å². The van der Waals surface area contributed by atoms with Gasteiger partial charge in [0.25, 0.3) is 5.91 Å². The molecular formula is C14H24ClN3O3S. The molecule has 0 fully saturated rings. The third-order valence-electron chi connectivity index (χ3n) is 2.91. The van der Waals surface area contributed by atoms with Gasteiger partial charge in [0.15, 0.2) is 0 Å². The average molecular weight is 350 g/mol. The third kappa shape index (κ3) is 5.92. The van der Waals surface area contributed by atoms with E-state index in [-0.39, 0.29) is 23.2 Å². The van der Waals surface area contributed by atoms with E-state index >= 15 is 0 Å². The molecule has 0 saturated carbocycles. The monoisotopic (exact) mass is 349 g/mol. The van der Waals surface area contributed by atoms with Gasteiger partial charge in [0, 0.05) is 32.7 Å². The molecule has 6 nitrogen and oxygen atoms in total. The van der Waals surface area contributed by atoms with Gasteiger partial charge in [0.05, 0.1) is 4.90 Å². The molecule has 0 aromatic heterocycles. The number of carbonyl (C=O) groups excluding carboxylic acids is 1. The van der Waals surface area contributed by atoms with Gasteiger partial charge in [0.1, 0.15) is 0 Å². The summed E-state index contributed by atoms with van der Waals surface area (Å²) in [4.78, 5) is 12.0. The number of rotatable bonds is 8. The summed E-state index contributed by atoms with van der Waals surface area (Å²) in [6, 6.07) is 5.93. The normalized spacial score (nSPS) is 11.1. The molecule has 0 heterocycles. The number of amides is 1. The minimum absolute atomic E-state index is 0. The van der Waals surface area contributed by atoms with Crippen LogP contribution in [0.15, 0.2) is 29.2 Å². The molecule has 1 amide bonds. The number of hydrogen-bond donors (Lipinski definition) is 2. The Morgan fingerprint density at radius 1 is 1.09 bits per heavy atom. The first-order valence-electron chi connectivity index (χ1n) is 6.91. The fraction of sp³-hybridized carbons (Fsp3) is 0.500. The van der Waals surface area contributed by atoms with Crippen LogP contribution in [0.4, 0.5) is 0 Å². The van der Waals surface area contributed by atoms with Crippen LogP contribution in [0.1, 0.15) is 23.7 Å². The zero-order chi connectivity index (χ0) is 15.9. The highest BCUT2D eigenvalue weighted by molar-refractivity contribution is 7.89. The summed E-state index contributed by atoms with van der Waals surface area (Å²) in [6.07, 6.45) is 1.05. The minimum atomic E-state index is -3.45. The summed E-state index contributed by atoms with van der Waals surface area (Å²) in [5.74, 6) is -0.206. The van der Waals surface area contributed by atoms with Gasteiger partial charge >= 0.3 is 0 Å². The molecule has 1 aromatic rings. The number of nitrogens with one attached hydrogen (secondary N) is 2. The fourth-order valence-corrected chi connectivity index (χ4v) is 2.56. The molecule has 0 atom stereocenters.